The maximum atomic E-state index is 12.5. The Morgan fingerprint density at radius 1 is 0.467 bits per heavy atom. The molecule has 0 aromatic heterocycles. The van der Waals surface area contributed by atoms with Crippen molar-refractivity contribution in [1.82, 2.24) is 5.32 Å². The van der Waals surface area contributed by atoms with Crippen LogP contribution in [0.25, 0.3) is 0 Å². The molecule has 2 atom stereocenters. The van der Waals surface area contributed by atoms with Gasteiger partial charge < -0.3 is 20.3 Å². The van der Waals surface area contributed by atoms with Gasteiger partial charge in [-0.3, -0.25) is 9.59 Å². The lowest BCUT2D eigenvalue weighted by Crippen LogP contribution is -2.45. The van der Waals surface area contributed by atoms with Crippen molar-refractivity contribution >= 4 is 11.9 Å². The number of carbonyl (C=O) groups excluding carboxylic acids is 2. The lowest BCUT2D eigenvalue weighted by atomic mass is 10.0. The zero-order valence-corrected chi connectivity index (χ0v) is 40.2. The molecule has 1 amide bonds. The fraction of sp³-hybridized carbons (Fsp3) is 0.889. The van der Waals surface area contributed by atoms with Gasteiger partial charge in [0, 0.05) is 12.8 Å². The number of hydrogen-bond donors (Lipinski definition) is 3. The molecule has 0 fully saturated rings. The van der Waals surface area contributed by atoms with Crippen molar-refractivity contribution in [2.24, 2.45) is 0 Å². The normalized spacial score (nSPS) is 12.8. The summed E-state index contributed by atoms with van der Waals surface area (Å²) < 4.78 is 5.45. The van der Waals surface area contributed by atoms with Crippen molar-refractivity contribution in [3.8, 4) is 0 Å². The van der Waals surface area contributed by atoms with Gasteiger partial charge in [-0.15, -0.1) is 0 Å². The van der Waals surface area contributed by atoms with E-state index in [-0.39, 0.29) is 18.5 Å². The number of hydrogen-bond acceptors (Lipinski definition) is 5. The third-order valence-corrected chi connectivity index (χ3v) is 12.3. The molecule has 0 saturated heterocycles. The van der Waals surface area contributed by atoms with Gasteiger partial charge in [-0.25, -0.2) is 0 Å². The molecular weight excluding hydrogens is 743 g/mol. The van der Waals surface area contributed by atoms with Crippen molar-refractivity contribution in [3.05, 3.63) is 24.3 Å². The summed E-state index contributed by atoms with van der Waals surface area (Å²) in [5, 5.41) is 23.3. The fourth-order valence-electron chi connectivity index (χ4n) is 8.14. The largest absolute Gasteiger partial charge is 0.466 e. The number of aliphatic hydroxyl groups excluding tert-OH is 2. The van der Waals surface area contributed by atoms with Crippen LogP contribution in [0.3, 0.4) is 0 Å². The predicted molar refractivity (Wildman–Crippen MR) is 260 cm³/mol. The van der Waals surface area contributed by atoms with Gasteiger partial charge in [-0.05, 0) is 57.8 Å². The van der Waals surface area contributed by atoms with E-state index in [0.29, 0.717) is 25.9 Å². The summed E-state index contributed by atoms with van der Waals surface area (Å²) >= 11 is 0. The number of rotatable bonds is 49. The smallest absolute Gasteiger partial charge is 0.305 e. The Morgan fingerprint density at radius 3 is 1.28 bits per heavy atom. The maximum Gasteiger partial charge on any atom is 0.305 e. The van der Waals surface area contributed by atoms with E-state index < -0.39 is 12.1 Å². The molecule has 6 heteroatoms. The van der Waals surface area contributed by atoms with Gasteiger partial charge >= 0.3 is 5.97 Å². The molecule has 0 aromatic rings. The van der Waals surface area contributed by atoms with Gasteiger partial charge in [0.25, 0.3) is 0 Å². The minimum absolute atomic E-state index is 0.0380. The molecule has 0 aliphatic heterocycles. The zero-order chi connectivity index (χ0) is 43.7. The molecule has 3 N–H and O–H groups in total. The first-order valence-corrected chi connectivity index (χ1v) is 26.6. The number of esters is 1. The highest BCUT2D eigenvalue weighted by molar-refractivity contribution is 5.76. The first kappa shape index (κ1) is 58.3. The lowest BCUT2D eigenvalue weighted by molar-refractivity contribution is -0.143. The Labute approximate surface area is 373 Å². The number of amides is 1. The molecule has 60 heavy (non-hydrogen) atoms. The first-order valence-electron chi connectivity index (χ1n) is 26.6. The van der Waals surface area contributed by atoms with E-state index in [1.165, 1.54) is 180 Å². The zero-order valence-electron chi connectivity index (χ0n) is 40.2. The quantitative estimate of drug-likeness (QED) is 0.0322. The van der Waals surface area contributed by atoms with E-state index in [1.807, 2.05) is 0 Å². The van der Waals surface area contributed by atoms with Crippen LogP contribution in [0.4, 0.5) is 0 Å². The third kappa shape index (κ3) is 45.9. The van der Waals surface area contributed by atoms with E-state index in [9.17, 15) is 19.8 Å². The monoisotopic (exact) mass is 846 g/mol. The van der Waals surface area contributed by atoms with Crippen LogP contribution in [0, 0.1) is 0 Å². The predicted octanol–water partition coefficient (Wildman–Crippen LogP) is 15.9. The van der Waals surface area contributed by atoms with Crippen LogP contribution < -0.4 is 5.32 Å². The Balaban J connectivity index is 3.50. The van der Waals surface area contributed by atoms with Crippen molar-refractivity contribution in [3.63, 3.8) is 0 Å². The van der Waals surface area contributed by atoms with Crippen molar-refractivity contribution in [2.45, 2.75) is 296 Å². The van der Waals surface area contributed by atoms with Crippen LogP contribution in [0.5, 0.6) is 0 Å². The summed E-state index contributed by atoms with van der Waals surface area (Å²) in [6.07, 6.45) is 58.6. The average molecular weight is 846 g/mol. The van der Waals surface area contributed by atoms with Gasteiger partial charge in [0.2, 0.25) is 5.91 Å². The Morgan fingerprint density at radius 2 is 0.833 bits per heavy atom. The standard InChI is InChI=1S/C54H103NO5/c1-3-5-7-9-11-13-15-17-19-21-22-23-25-27-30-34-38-42-46-52(57)51(50-56)55-53(58)47-43-39-35-31-29-33-37-41-45-49-60-54(59)48-44-40-36-32-28-26-24-20-18-16-14-12-10-8-6-4-2/h14,16,20,24,51-52,56-57H,3-13,15,17-19,21-23,25-50H2,1-2H3,(H,55,58)/b16-14-,24-20-. The summed E-state index contributed by atoms with van der Waals surface area (Å²) in [5.74, 6) is -0.100. The highest BCUT2D eigenvalue weighted by atomic mass is 16.5. The lowest BCUT2D eigenvalue weighted by Gasteiger charge is -2.22. The van der Waals surface area contributed by atoms with Crippen LogP contribution >= 0.6 is 0 Å². The summed E-state index contributed by atoms with van der Waals surface area (Å²) in [5.41, 5.74) is 0. The molecule has 0 bridgehead atoms. The number of allylic oxidation sites excluding steroid dienone is 4. The van der Waals surface area contributed by atoms with Crippen molar-refractivity contribution < 1.29 is 24.5 Å². The number of unbranched alkanes of at least 4 members (excludes halogenated alkanes) is 34. The second-order valence-corrected chi connectivity index (χ2v) is 18.2. The third-order valence-electron chi connectivity index (χ3n) is 12.3. The van der Waals surface area contributed by atoms with Crippen LogP contribution in [0.15, 0.2) is 24.3 Å². The van der Waals surface area contributed by atoms with Crippen LogP contribution in [-0.4, -0.2) is 47.4 Å². The van der Waals surface area contributed by atoms with Gasteiger partial charge in [0.15, 0.2) is 0 Å². The van der Waals surface area contributed by atoms with Crippen LogP contribution in [-0.2, 0) is 14.3 Å². The van der Waals surface area contributed by atoms with Crippen LogP contribution in [0.1, 0.15) is 284 Å². The van der Waals surface area contributed by atoms with E-state index in [0.717, 1.165) is 70.6 Å². The second-order valence-electron chi connectivity index (χ2n) is 18.2. The molecule has 0 radical (unpaired) electrons. The topological polar surface area (TPSA) is 95.9 Å². The second kappa shape index (κ2) is 50.0. The molecule has 0 aromatic carbocycles. The molecule has 0 rings (SSSR count). The van der Waals surface area contributed by atoms with Gasteiger partial charge in [-0.1, -0.05) is 237 Å². The molecule has 0 spiro atoms. The van der Waals surface area contributed by atoms with E-state index >= 15 is 0 Å². The summed E-state index contributed by atoms with van der Waals surface area (Å²) in [7, 11) is 0. The van der Waals surface area contributed by atoms with Gasteiger partial charge in [0.05, 0.1) is 25.4 Å². The van der Waals surface area contributed by atoms with E-state index in [4.69, 9.17) is 4.74 Å². The minimum Gasteiger partial charge on any atom is -0.466 e. The fourth-order valence-corrected chi connectivity index (χ4v) is 8.14. The number of aliphatic hydroxyl groups is 2. The highest BCUT2D eigenvalue weighted by Gasteiger charge is 2.20. The minimum atomic E-state index is -0.683. The Hall–Kier alpha value is -1.66. The number of ether oxygens (including phenoxy) is 1. The van der Waals surface area contributed by atoms with E-state index in [1.54, 1.807) is 0 Å². The Kier molecular flexibility index (Phi) is 48.6. The molecule has 6 nitrogen and oxygen atoms in total. The summed E-state index contributed by atoms with van der Waals surface area (Å²) in [4.78, 5) is 24.5. The highest BCUT2D eigenvalue weighted by Crippen LogP contribution is 2.17. The van der Waals surface area contributed by atoms with Gasteiger partial charge in [-0.2, -0.15) is 0 Å². The molecule has 0 aliphatic rings. The van der Waals surface area contributed by atoms with Gasteiger partial charge in [0.1, 0.15) is 0 Å². The molecule has 354 valence electrons. The number of carbonyl (C=O) groups is 2. The SMILES string of the molecule is CCCCCC/C=C\C/C=C\CCCCCCCC(=O)OCCCCCCCCCCCC(=O)NC(CO)C(O)CCCCCCCCCCCCCCCCCCCC. The summed E-state index contributed by atoms with van der Waals surface area (Å²) in [6, 6.07) is -0.563. The molecule has 0 aliphatic carbocycles. The maximum absolute atomic E-state index is 12.5. The Bertz CT molecular complexity index is 935. The number of nitrogens with one attached hydrogen (secondary N) is 1. The van der Waals surface area contributed by atoms with Crippen LogP contribution in [0.2, 0.25) is 0 Å². The molecule has 0 heterocycles. The average Bonchev–Trinajstić information content (AvgIpc) is 3.25. The van der Waals surface area contributed by atoms with Crippen molar-refractivity contribution in [1.29, 1.82) is 0 Å². The summed E-state index contributed by atoms with van der Waals surface area (Å²) in [6.45, 7) is 4.87. The molecule has 2 unspecified atom stereocenters. The first-order chi connectivity index (χ1) is 29.5. The molecule has 0 saturated carbocycles. The van der Waals surface area contributed by atoms with E-state index in [2.05, 4.69) is 43.5 Å². The molecular formula is C54H103NO5. The van der Waals surface area contributed by atoms with Crippen molar-refractivity contribution in [2.75, 3.05) is 13.2 Å².